The minimum atomic E-state index is -0.451. The Morgan fingerprint density at radius 1 is 1.19 bits per heavy atom. The molecule has 9 heteroatoms. The summed E-state index contributed by atoms with van der Waals surface area (Å²) in [5, 5.41) is 11.4. The maximum atomic E-state index is 13.0. The molecule has 31 heavy (non-hydrogen) atoms. The Morgan fingerprint density at radius 2 is 2.00 bits per heavy atom. The Kier molecular flexibility index (Phi) is 6.13. The number of carbonyl (C=O) groups excluding carboxylic acids is 1. The lowest BCUT2D eigenvalue weighted by Gasteiger charge is -2.18. The average Bonchev–Trinajstić information content (AvgIpc) is 3.45. The molecule has 0 bridgehead atoms. The maximum absolute atomic E-state index is 13.0. The molecule has 0 radical (unpaired) electrons. The first-order chi connectivity index (χ1) is 15.1. The van der Waals surface area contributed by atoms with Crippen molar-refractivity contribution in [1.29, 1.82) is 0 Å². The highest BCUT2D eigenvalue weighted by Gasteiger charge is 2.17. The van der Waals surface area contributed by atoms with Crippen molar-refractivity contribution in [2.75, 3.05) is 11.4 Å². The Bertz CT molecular complexity index is 1180. The summed E-state index contributed by atoms with van der Waals surface area (Å²) < 4.78 is 2.98. The van der Waals surface area contributed by atoms with Crippen LogP contribution >= 0.6 is 11.3 Å². The Morgan fingerprint density at radius 3 is 2.71 bits per heavy atom. The number of anilines is 1. The van der Waals surface area contributed by atoms with Gasteiger partial charge in [0, 0.05) is 43.7 Å². The molecule has 0 atom stereocenters. The molecule has 8 nitrogen and oxygen atoms in total. The van der Waals surface area contributed by atoms with Crippen molar-refractivity contribution in [1.82, 2.24) is 14.5 Å². The average molecular weight is 433 g/mol. The van der Waals surface area contributed by atoms with Crippen LogP contribution < -0.4 is 4.90 Å². The van der Waals surface area contributed by atoms with Crippen LogP contribution in [0.4, 0.5) is 10.8 Å². The maximum Gasteiger partial charge on any atom is 0.269 e. The number of nitro benzene ring substituents is 1. The molecular formula is C22H19N5O3S. The minimum Gasteiger partial charge on any atom is -0.337 e. The molecular weight excluding hydrogens is 414 g/mol. The van der Waals surface area contributed by atoms with Gasteiger partial charge in [0.1, 0.15) is 0 Å². The number of thiazole rings is 1. The van der Waals surface area contributed by atoms with Gasteiger partial charge in [0.15, 0.2) is 5.13 Å². The Labute approximate surface area is 182 Å². The van der Waals surface area contributed by atoms with Gasteiger partial charge >= 0.3 is 0 Å². The lowest BCUT2D eigenvalue weighted by molar-refractivity contribution is -0.384. The molecule has 0 saturated heterocycles. The van der Waals surface area contributed by atoms with E-state index in [4.69, 9.17) is 0 Å². The number of rotatable bonds is 8. The van der Waals surface area contributed by atoms with Crippen LogP contribution in [0.3, 0.4) is 0 Å². The van der Waals surface area contributed by atoms with Gasteiger partial charge in [0.25, 0.3) is 11.6 Å². The summed E-state index contributed by atoms with van der Waals surface area (Å²) in [4.78, 5) is 33.7. The van der Waals surface area contributed by atoms with E-state index < -0.39 is 4.92 Å². The fraction of sp³-hybridized carbons (Fsp3) is 0.136. The van der Waals surface area contributed by atoms with Crippen molar-refractivity contribution in [3.63, 3.8) is 0 Å². The second-order valence-corrected chi connectivity index (χ2v) is 7.80. The summed E-state index contributed by atoms with van der Waals surface area (Å²) in [6.45, 7) is 1.24. The summed E-state index contributed by atoms with van der Waals surface area (Å²) in [6, 6.07) is 13.8. The van der Waals surface area contributed by atoms with Crippen LogP contribution in [-0.4, -0.2) is 31.9 Å². The van der Waals surface area contributed by atoms with Gasteiger partial charge in [-0.25, -0.2) is 9.97 Å². The molecule has 0 fully saturated rings. The number of aromatic nitrogens is 3. The number of para-hydroxylation sites is 1. The number of nitro groups is 1. The molecule has 0 aliphatic rings. The number of benzene rings is 2. The molecule has 4 rings (SSSR count). The normalized spacial score (nSPS) is 11.2. The smallest absolute Gasteiger partial charge is 0.269 e. The van der Waals surface area contributed by atoms with E-state index in [-0.39, 0.29) is 11.6 Å². The molecule has 2 aromatic heterocycles. The molecule has 4 aromatic rings. The lowest BCUT2D eigenvalue weighted by atomic mass is 10.2. The molecule has 1 amide bonds. The second-order valence-electron chi connectivity index (χ2n) is 6.79. The number of nitrogens with zero attached hydrogens (tertiary/aromatic N) is 5. The fourth-order valence-corrected chi connectivity index (χ4v) is 4.07. The largest absolute Gasteiger partial charge is 0.337 e. The zero-order valence-corrected chi connectivity index (χ0v) is 17.3. The molecule has 0 N–H and O–H groups in total. The summed E-state index contributed by atoms with van der Waals surface area (Å²) in [6.07, 6.45) is 9.23. The predicted molar refractivity (Wildman–Crippen MR) is 121 cm³/mol. The first-order valence-electron chi connectivity index (χ1n) is 9.65. The molecule has 0 spiro atoms. The fourth-order valence-electron chi connectivity index (χ4n) is 3.07. The first kappa shape index (κ1) is 20.4. The van der Waals surface area contributed by atoms with E-state index in [2.05, 4.69) is 9.97 Å². The number of amides is 1. The van der Waals surface area contributed by atoms with Crippen molar-refractivity contribution in [3.05, 3.63) is 89.0 Å². The van der Waals surface area contributed by atoms with E-state index in [1.54, 1.807) is 35.6 Å². The predicted octanol–water partition coefficient (Wildman–Crippen LogP) is 4.54. The zero-order valence-electron chi connectivity index (χ0n) is 16.5. The van der Waals surface area contributed by atoms with E-state index in [0.717, 1.165) is 23.2 Å². The van der Waals surface area contributed by atoms with Gasteiger partial charge in [-0.2, -0.15) is 0 Å². The molecule has 0 aliphatic carbocycles. The number of imidazole rings is 1. The molecule has 156 valence electrons. The van der Waals surface area contributed by atoms with E-state index in [1.165, 1.54) is 29.5 Å². The van der Waals surface area contributed by atoms with Crippen molar-refractivity contribution in [2.45, 2.75) is 13.0 Å². The quantitative estimate of drug-likeness (QED) is 0.231. The topological polar surface area (TPSA) is 94.2 Å². The molecule has 0 unspecified atom stereocenters. The number of carbonyl (C=O) groups is 1. The summed E-state index contributed by atoms with van der Waals surface area (Å²) in [5.41, 5.74) is 1.58. The van der Waals surface area contributed by atoms with Gasteiger partial charge in [-0.05, 0) is 42.3 Å². The third-order valence-corrected chi connectivity index (χ3v) is 5.72. The lowest BCUT2D eigenvalue weighted by Crippen LogP contribution is -2.30. The zero-order chi connectivity index (χ0) is 21.6. The highest BCUT2D eigenvalue weighted by Crippen LogP contribution is 2.29. The number of hydrogen-bond donors (Lipinski definition) is 0. The molecule has 2 heterocycles. The highest BCUT2D eigenvalue weighted by molar-refractivity contribution is 7.22. The molecule has 0 aliphatic heterocycles. The molecule has 2 aromatic carbocycles. The van der Waals surface area contributed by atoms with Crippen LogP contribution in [0.5, 0.6) is 0 Å². The third kappa shape index (κ3) is 5.01. The number of non-ortho nitro benzene ring substituents is 1. The number of hydrogen-bond acceptors (Lipinski definition) is 6. The number of fused-ring (bicyclic) bond motifs is 1. The summed E-state index contributed by atoms with van der Waals surface area (Å²) in [5.74, 6) is -0.192. The minimum absolute atomic E-state index is 0.0130. The molecule has 0 saturated carbocycles. The summed E-state index contributed by atoms with van der Waals surface area (Å²) >= 11 is 1.47. The van der Waals surface area contributed by atoms with E-state index in [1.807, 2.05) is 35.0 Å². The van der Waals surface area contributed by atoms with Gasteiger partial charge in [-0.3, -0.25) is 19.8 Å². The van der Waals surface area contributed by atoms with Gasteiger partial charge in [0.05, 0.1) is 21.5 Å². The van der Waals surface area contributed by atoms with Crippen molar-refractivity contribution < 1.29 is 9.72 Å². The van der Waals surface area contributed by atoms with Gasteiger partial charge in [-0.1, -0.05) is 23.5 Å². The standard InChI is InChI=1S/C22H19N5O3S/c28-21(11-8-17-6-9-18(10-7-17)27(29)30)26(14-3-13-25-15-12-23-16-25)22-24-19-4-1-2-5-20(19)31-22/h1-2,4-12,15-16H,3,13-14H2/b11-8+. The van der Waals surface area contributed by atoms with Crippen molar-refractivity contribution in [3.8, 4) is 0 Å². The third-order valence-electron chi connectivity index (χ3n) is 4.66. The van der Waals surface area contributed by atoms with E-state index in [9.17, 15) is 14.9 Å². The SMILES string of the molecule is O=C(/C=C/c1ccc([N+](=O)[O-])cc1)N(CCCn1ccnc1)c1nc2ccccc2s1. The van der Waals surface area contributed by atoms with Gasteiger partial charge in [0.2, 0.25) is 0 Å². The van der Waals surface area contributed by atoms with Crippen LogP contribution in [0.15, 0.2) is 73.3 Å². The van der Waals surface area contributed by atoms with Crippen LogP contribution in [0.1, 0.15) is 12.0 Å². The summed E-state index contributed by atoms with van der Waals surface area (Å²) in [7, 11) is 0. The van der Waals surface area contributed by atoms with Gasteiger partial charge in [-0.15, -0.1) is 0 Å². The van der Waals surface area contributed by atoms with Crippen LogP contribution in [0.25, 0.3) is 16.3 Å². The van der Waals surface area contributed by atoms with Crippen LogP contribution in [-0.2, 0) is 11.3 Å². The monoisotopic (exact) mass is 433 g/mol. The second kappa shape index (κ2) is 9.31. The first-order valence-corrected chi connectivity index (χ1v) is 10.5. The Hall–Kier alpha value is -3.85. The van der Waals surface area contributed by atoms with Crippen LogP contribution in [0.2, 0.25) is 0 Å². The Balaban J connectivity index is 1.53. The number of aryl methyl sites for hydroxylation is 1. The van der Waals surface area contributed by atoms with Crippen molar-refractivity contribution >= 4 is 44.4 Å². The van der Waals surface area contributed by atoms with E-state index in [0.29, 0.717) is 17.2 Å². The van der Waals surface area contributed by atoms with Crippen molar-refractivity contribution in [2.24, 2.45) is 0 Å². The van der Waals surface area contributed by atoms with Gasteiger partial charge < -0.3 is 4.57 Å². The van der Waals surface area contributed by atoms with E-state index >= 15 is 0 Å². The van der Waals surface area contributed by atoms with Crippen LogP contribution in [0, 0.1) is 10.1 Å². The highest BCUT2D eigenvalue weighted by atomic mass is 32.1.